The average molecular weight is 293 g/mol. The first-order valence-electron chi connectivity index (χ1n) is 6.91. The summed E-state index contributed by atoms with van der Waals surface area (Å²) in [6, 6.07) is 6.05. The molecule has 108 valence electrons. The number of halogens is 1. The number of hydrogen-bond donors (Lipinski definition) is 1. The lowest BCUT2D eigenvalue weighted by molar-refractivity contribution is 0.174. The van der Waals surface area contributed by atoms with Gasteiger partial charge >= 0.3 is 0 Å². The molecule has 1 heterocycles. The monoisotopic (exact) mass is 292 g/mol. The summed E-state index contributed by atoms with van der Waals surface area (Å²) in [6.45, 7) is 8.72. The Morgan fingerprint density at radius 3 is 2.40 bits per heavy atom. The maximum atomic E-state index is 10.6. The minimum absolute atomic E-state index is 0.485. The first-order chi connectivity index (χ1) is 9.45. The van der Waals surface area contributed by atoms with Gasteiger partial charge in [-0.3, -0.25) is 4.68 Å². The van der Waals surface area contributed by atoms with Gasteiger partial charge in [-0.25, -0.2) is 0 Å². The predicted octanol–water partition coefficient (Wildman–Crippen LogP) is 3.76. The van der Waals surface area contributed by atoms with Crippen LogP contribution in [0.3, 0.4) is 0 Å². The topological polar surface area (TPSA) is 38.0 Å². The van der Waals surface area contributed by atoms with E-state index < -0.39 is 6.10 Å². The van der Waals surface area contributed by atoms with Crippen molar-refractivity contribution >= 4 is 11.6 Å². The molecule has 20 heavy (non-hydrogen) atoms. The molecule has 0 aliphatic carbocycles. The molecule has 2 rings (SSSR count). The van der Waals surface area contributed by atoms with E-state index in [1.54, 1.807) is 0 Å². The molecule has 0 spiro atoms. The Morgan fingerprint density at radius 1 is 1.25 bits per heavy atom. The molecule has 0 radical (unpaired) electrons. The molecule has 0 saturated carbocycles. The van der Waals surface area contributed by atoms with E-state index in [2.05, 4.69) is 5.10 Å². The minimum atomic E-state index is -0.560. The van der Waals surface area contributed by atoms with Crippen molar-refractivity contribution < 1.29 is 5.11 Å². The Morgan fingerprint density at radius 2 is 1.85 bits per heavy atom. The lowest BCUT2D eigenvalue weighted by Crippen LogP contribution is -2.11. The zero-order valence-electron chi connectivity index (χ0n) is 12.4. The van der Waals surface area contributed by atoms with E-state index in [4.69, 9.17) is 11.6 Å². The second kappa shape index (κ2) is 5.98. The fourth-order valence-corrected chi connectivity index (χ4v) is 2.91. The van der Waals surface area contributed by atoms with E-state index in [9.17, 15) is 5.11 Å². The minimum Gasteiger partial charge on any atom is -0.388 e. The van der Waals surface area contributed by atoms with Crippen LogP contribution in [0.4, 0.5) is 0 Å². The van der Waals surface area contributed by atoms with Crippen LogP contribution >= 0.6 is 11.6 Å². The Labute approximate surface area is 125 Å². The normalized spacial score (nSPS) is 12.7. The second-order valence-corrected chi connectivity index (χ2v) is 5.57. The van der Waals surface area contributed by atoms with Crippen LogP contribution in [0.1, 0.15) is 41.1 Å². The van der Waals surface area contributed by atoms with Crippen molar-refractivity contribution in [1.29, 1.82) is 0 Å². The van der Waals surface area contributed by atoms with Gasteiger partial charge in [0.25, 0.3) is 0 Å². The molecule has 1 aromatic heterocycles. The van der Waals surface area contributed by atoms with Crippen LogP contribution in [-0.4, -0.2) is 14.9 Å². The molecular formula is C16H21ClN2O. The third-order valence-electron chi connectivity index (χ3n) is 3.71. The predicted molar refractivity (Wildman–Crippen MR) is 82.2 cm³/mol. The molecule has 0 aliphatic heterocycles. The Kier molecular flexibility index (Phi) is 4.51. The summed E-state index contributed by atoms with van der Waals surface area (Å²) in [5.74, 6) is 0. The molecule has 1 N–H and O–H groups in total. The van der Waals surface area contributed by atoms with Crippen molar-refractivity contribution in [2.75, 3.05) is 0 Å². The van der Waals surface area contributed by atoms with Gasteiger partial charge in [0.2, 0.25) is 0 Å². The Balaban J connectivity index is 2.35. The maximum absolute atomic E-state index is 10.6. The summed E-state index contributed by atoms with van der Waals surface area (Å²) in [6.07, 6.45) is -0.0748. The number of nitrogens with zero attached hydrogens (tertiary/aromatic N) is 2. The van der Waals surface area contributed by atoms with Crippen molar-refractivity contribution in [1.82, 2.24) is 9.78 Å². The molecule has 0 aliphatic rings. The molecule has 0 fully saturated rings. The molecule has 3 nitrogen and oxygen atoms in total. The van der Waals surface area contributed by atoms with Crippen LogP contribution in [0.2, 0.25) is 5.02 Å². The molecule has 1 unspecified atom stereocenters. The van der Waals surface area contributed by atoms with E-state index in [1.165, 1.54) is 0 Å². The van der Waals surface area contributed by atoms with E-state index in [0.717, 1.165) is 34.6 Å². The van der Waals surface area contributed by atoms with Gasteiger partial charge in [0.15, 0.2) is 0 Å². The van der Waals surface area contributed by atoms with Crippen LogP contribution < -0.4 is 0 Å². The first-order valence-corrected chi connectivity index (χ1v) is 7.29. The van der Waals surface area contributed by atoms with Crippen LogP contribution in [0.25, 0.3) is 0 Å². The Bertz CT molecular complexity index is 599. The van der Waals surface area contributed by atoms with Gasteiger partial charge in [0.1, 0.15) is 0 Å². The summed E-state index contributed by atoms with van der Waals surface area (Å²) in [5, 5.41) is 15.6. The molecule has 1 atom stereocenters. The first kappa shape index (κ1) is 15.1. The van der Waals surface area contributed by atoms with E-state index in [1.807, 2.05) is 50.6 Å². The highest BCUT2D eigenvalue weighted by Gasteiger charge is 2.19. The van der Waals surface area contributed by atoms with Gasteiger partial charge in [-0.1, -0.05) is 29.8 Å². The Hall–Kier alpha value is -1.32. The molecule has 0 amide bonds. The van der Waals surface area contributed by atoms with Crippen molar-refractivity contribution in [3.8, 4) is 0 Å². The summed E-state index contributed by atoms with van der Waals surface area (Å²) in [7, 11) is 0. The molecule has 1 aromatic carbocycles. The van der Waals surface area contributed by atoms with Gasteiger partial charge in [-0.2, -0.15) is 5.10 Å². The fraction of sp³-hybridized carbons (Fsp3) is 0.438. The van der Waals surface area contributed by atoms with Crippen molar-refractivity contribution in [3.63, 3.8) is 0 Å². The van der Waals surface area contributed by atoms with Gasteiger partial charge in [-0.15, -0.1) is 0 Å². The standard InChI is InChI=1S/C16H21ClN2O/c1-5-19-13(16(17)12(4)18-19)9-14(20)15-10(2)7-6-8-11(15)3/h6-8,14,20H,5,9H2,1-4H3. The molecule has 4 heteroatoms. The van der Waals surface area contributed by atoms with E-state index in [0.29, 0.717) is 11.4 Å². The van der Waals surface area contributed by atoms with Gasteiger partial charge in [0, 0.05) is 13.0 Å². The summed E-state index contributed by atoms with van der Waals surface area (Å²) in [4.78, 5) is 0. The highest BCUT2D eigenvalue weighted by molar-refractivity contribution is 6.31. The van der Waals surface area contributed by atoms with Crippen LogP contribution in [0.5, 0.6) is 0 Å². The molecule has 2 aromatic rings. The summed E-state index contributed by atoms with van der Waals surface area (Å²) >= 11 is 6.31. The SMILES string of the molecule is CCn1nc(C)c(Cl)c1CC(O)c1c(C)cccc1C. The zero-order chi connectivity index (χ0) is 14.9. The summed E-state index contributed by atoms with van der Waals surface area (Å²) in [5.41, 5.74) is 4.92. The lowest BCUT2D eigenvalue weighted by Gasteiger charge is -2.17. The highest BCUT2D eigenvalue weighted by Crippen LogP contribution is 2.29. The highest BCUT2D eigenvalue weighted by atomic mass is 35.5. The molecule has 0 bridgehead atoms. The number of aryl methyl sites for hydroxylation is 4. The quantitative estimate of drug-likeness (QED) is 0.932. The average Bonchev–Trinajstić information content (AvgIpc) is 2.66. The third-order valence-corrected chi connectivity index (χ3v) is 4.21. The largest absolute Gasteiger partial charge is 0.388 e. The second-order valence-electron chi connectivity index (χ2n) is 5.19. The van der Waals surface area contributed by atoms with Gasteiger partial charge in [0.05, 0.1) is 22.5 Å². The fourth-order valence-electron chi connectivity index (χ4n) is 2.70. The van der Waals surface area contributed by atoms with Gasteiger partial charge < -0.3 is 5.11 Å². The smallest absolute Gasteiger partial charge is 0.0851 e. The molecular weight excluding hydrogens is 272 g/mol. The van der Waals surface area contributed by atoms with Crippen LogP contribution in [0.15, 0.2) is 18.2 Å². The van der Waals surface area contributed by atoms with E-state index >= 15 is 0 Å². The van der Waals surface area contributed by atoms with Gasteiger partial charge in [-0.05, 0) is 44.4 Å². The number of aliphatic hydroxyl groups excluding tert-OH is 1. The lowest BCUT2D eigenvalue weighted by atomic mass is 9.95. The third kappa shape index (κ3) is 2.74. The summed E-state index contributed by atoms with van der Waals surface area (Å²) < 4.78 is 1.87. The van der Waals surface area contributed by atoms with Crippen molar-refractivity contribution in [3.05, 3.63) is 51.3 Å². The zero-order valence-corrected chi connectivity index (χ0v) is 13.2. The molecule has 0 saturated heterocycles. The van der Waals surface area contributed by atoms with Crippen molar-refractivity contribution in [2.24, 2.45) is 0 Å². The number of hydrogen-bond acceptors (Lipinski definition) is 2. The van der Waals surface area contributed by atoms with Crippen LogP contribution in [0, 0.1) is 20.8 Å². The van der Waals surface area contributed by atoms with E-state index in [-0.39, 0.29) is 0 Å². The van der Waals surface area contributed by atoms with Crippen LogP contribution in [-0.2, 0) is 13.0 Å². The van der Waals surface area contributed by atoms with Crippen molar-refractivity contribution in [2.45, 2.75) is 46.8 Å². The maximum Gasteiger partial charge on any atom is 0.0851 e. The number of benzene rings is 1. The number of aromatic nitrogens is 2. The number of aliphatic hydroxyl groups is 1. The number of rotatable bonds is 4.